The number of aliphatic hydroxyl groups is 1. The number of carbonyl (C=O) groups excluding carboxylic acids is 4. The second kappa shape index (κ2) is 15.3. The average molecular weight is 373 g/mol. The van der Waals surface area contributed by atoms with Gasteiger partial charge in [0.25, 0.3) is 0 Å². The molecule has 0 aliphatic rings. The van der Waals surface area contributed by atoms with Crippen molar-refractivity contribution >= 4 is 23.6 Å². The first-order chi connectivity index (χ1) is 12.5. The van der Waals surface area contributed by atoms with Gasteiger partial charge in [-0.15, -0.1) is 0 Å². The number of ether oxygens (including phenoxy) is 2. The van der Waals surface area contributed by atoms with E-state index in [2.05, 4.69) is 5.32 Å². The summed E-state index contributed by atoms with van der Waals surface area (Å²) in [4.78, 5) is 47.1. The number of carbonyl (C=O) groups is 4. The van der Waals surface area contributed by atoms with Crippen molar-refractivity contribution in [1.82, 2.24) is 5.32 Å². The molecule has 8 nitrogen and oxygen atoms in total. The molecule has 0 aromatic heterocycles. The number of esters is 2. The number of ketones is 1. The van der Waals surface area contributed by atoms with Gasteiger partial charge in [0.05, 0.1) is 25.7 Å². The summed E-state index contributed by atoms with van der Waals surface area (Å²) < 4.78 is 10.00. The van der Waals surface area contributed by atoms with Gasteiger partial charge in [-0.1, -0.05) is 13.8 Å². The van der Waals surface area contributed by atoms with Crippen LogP contribution >= 0.6 is 0 Å². The summed E-state index contributed by atoms with van der Waals surface area (Å²) in [7, 11) is 0. The first-order valence-corrected chi connectivity index (χ1v) is 9.18. The number of hydrogen-bond acceptors (Lipinski definition) is 7. The fourth-order valence-electron chi connectivity index (χ4n) is 2.19. The van der Waals surface area contributed by atoms with Gasteiger partial charge in [0.1, 0.15) is 5.78 Å². The van der Waals surface area contributed by atoms with Gasteiger partial charge < -0.3 is 19.9 Å². The lowest BCUT2D eigenvalue weighted by Crippen LogP contribution is -2.37. The molecule has 1 unspecified atom stereocenters. The maximum Gasteiger partial charge on any atom is 0.305 e. The van der Waals surface area contributed by atoms with E-state index in [0.717, 1.165) is 0 Å². The van der Waals surface area contributed by atoms with E-state index in [9.17, 15) is 19.2 Å². The van der Waals surface area contributed by atoms with Crippen molar-refractivity contribution in [3.63, 3.8) is 0 Å². The van der Waals surface area contributed by atoms with E-state index in [1.165, 1.54) is 0 Å². The van der Waals surface area contributed by atoms with Crippen LogP contribution in [0.15, 0.2) is 0 Å². The summed E-state index contributed by atoms with van der Waals surface area (Å²) in [5, 5.41) is 11.3. The SMILES string of the molecule is CCCC(=O)OCCCC(=O)C(CCOC(=O)CCC)C(=O)NCCO. The molecule has 0 bridgehead atoms. The van der Waals surface area contributed by atoms with Gasteiger partial charge in [0.2, 0.25) is 5.91 Å². The highest BCUT2D eigenvalue weighted by Gasteiger charge is 2.26. The molecule has 0 aliphatic heterocycles. The summed E-state index contributed by atoms with van der Waals surface area (Å²) in [6.07, 6.45) is 2.48. The molecular formula is C18H31NO7. The Hall–Kier alpha value is -1.96. The minimum Gasteiger partial charge on any atom is -0.466 e. The van der Waals surface area contributed by atoms with Gasteiger partial charge in [-0.25, -0.2) is 0 Å². The Bertz CT molecular complexity index is 451. The van der Waals surface area contributed by atoms with E-state index >= 15 is 0 Å². The van der Waals surface area contributed by atoms with Crippen molar-refractivity contribution in [1.29, 1.82) is 0 Å². The van der Waals surface area contributed by atoms with Crippen molar-refractivity contribution < 1.29 is 33.8 Å². The minimum absolute atomic E-state index is 0.0206. The molecule has 1 atom stereocenters. The highest BCUT2D eigenvalue weighted by molar-refractivity contribution is 6.01. The second-order valence-corrected chi connectivity index (χ2v) is 5.87. The Morgan fingerprint density at radius 1 is 0.923 bits per heavy atom. The average Bonchev–Trinajstić information content (AvgIpc) is 2.60. The number of amides is 1. The normalized spacial score (nSPS) is 11.5. The number of rotatable bonds is 15. The summed E-state index contributed by atoms with van der Waals surface area (Å²) in [5.41, 5.74) is 0. The predicted octanol–water partition coefficient (Wildman–Crippen LogP) is 1.14. The fraction of sp³-hybridized carbons (Fsp3) is 0.778. The Labute approximate surface area is 154 Å². The van der Waals surface area contributed by atoms with Gasteiger partial charge in [-0.05, 0) is 19.3 Å². The van der Waals surface area contributed by atoms with E-state index in [1.54, 1.807) is 0 Å². The van der Waals surface area contributed by atoms with Crippen LogP contribution in [0.2, 0.25) is 0 Å². The smallest absolute Gasteiger partial charge is 0.305 e. The molecule has 0 saturated carbocycles. The third kappa shape index (κ3) is 11.6. The molecule has 8 heteroatoms. The Morgan fingerprint density at radius 3 is 2.04 bits per heavy atom. The van der Waals surface area contributed by atoms with E-state index < -0.39 is 11.8 Å². The number of hydrogen-bond donors (Lipinski definition) is 2. The molecule has 0 aromatic rings. The van der Waals surface area contributed by atoms with Crippen LogP contribution in [-0.4, -0.2) is 55.1 Å². The monoisotopic (exact) mass is 373 g/mol. The molecule has 0 saturated heterocycles. The van der Waals surface area contributed by atoms with Crippen LogP contribution in [0.25, 0.3) is 0 Å². The number of Topliss-reactive ketones (excluding diaryl/α,β-unsaturated/α-hetero) is 1. The molecule has 0 radical (unpaired) electrons. The molecule has 150 valence electrons. The van der Waals surface area contributed by atoms with Crippen LogP contribution in [0.1, 0.15) is 58.8 Å². The molecule has 2 N–H and O–H groups in total. The zero-order valence-electron chi connectivity index (χ0n) is 15.8. The fourth-order valence-corrected chi connectivity index (χ4v) is 2.19. The van der Waals surface area contributed by atoms with E-state index in [4.69, 9.17) is 14.6 Å². The highest BCUT2D eigenvalue weighted by atomic mass is 16.5. The van der Waals surface area contributed by atoms with Gasteiger partial charge in [0, 0.05) is 32.2 Å². The van der Waals surface area contributed by atoms with Gasteiger partial charge in [-0.3, -0.25) is 19.2 Å². The quantitative estimate of drug-likeness (QED) is 0.251. The number of aliphatic hydroxyl groups excluding tert-OH is 1. The number of nitrogens with one attached hydrogen (secondary N) is 1. The van der Waals surface area contributed by atoms with Crippen LogP contribution in [0, 0.1) is 5.92 Å². The molecule has 0 aromatic carbocycles. The van der Waals surface area contributed by atoms with Crippen molar-refractivity contribution in [2.45, 2.75) is 58.8 Å². The van der Waals surface area contributed by atoms with Crippen LogP contribution in [0.4, 0.5) is 0 Å². The molecule has 0 fully saturated rings. The Balaban J connectivity index is 4.42. The molecule has 1 amide bonds. The van der Waals surface area contributed by atoms with Crippen molar-refractivity contribution in [2.75, 3.05) is 26.4 Å². The van der Waals surface area contributed by atoms with Crippen LogP contribution in [-0.2, 0) is 28.7 Å². The third-order valence-corrected chi connectivity index (χ3v) is 3.52. The van der Waals surface area contributed by atoms with Crippen LogP contribution in [0.5, 0.6) is 0 Å². The van der Waals surface area contributed by atoms with Gasteiger partial charge in [0.15, 0.2) is 0 Å². The van der Waals surface area contributed by atoms with Crippen LogP contribution in [0.3, 0.4) is 0 Å². The molecule has 0 heterocycles. The molecular weight excluding hydrogens is 342 g/mol. The lowest BCUT2D eigenvalue weighted by atomic mass is 9.96. The Kier molecular flexibility index (Phi) is 14.2. The standard InChI is InChI=1S/C18H31NO7/c1-3-6-16(22)25-12-5-8-15(21)14(18(24)19-10-11-20)9-13-26-17(23)7-4-2/h14,20H,3-13H2,1-2H3,(H,19,24). The predicted molar refractivity (Wildman–Crippen MR) is 94.2 cm³/mol. The minimum atomic E-state index is -0.956. The third-order valence-electron chi connectivity index (χ3n) is 3.52. The first-order valence-electron chi connectivity index (χ1n) is 9.18. The summed E-state index contributed by atoms with van der Waals surface area (Å²) >= 11 is 0. The van der Waals surface area contributed by atoms with E-state index in [-0.39, 0.29) is 56.9 Å². The summed E-state index contributed by atoms with van der Waals surface area (Å²) in [6.45, 7) is 3.64. The lowest BCUT2D eigenvalue weighted by molar-refractivity contribution is -0.146. The molecule has 0 spiro atoms. The van der Waals surface area contributed by atoms with Crippen LogP contribution < -0.4 is 5.32 Å². The molecule has 0 rings (SSSR count). The first kappa shape index (κ1) is 24.0. The van der Waals surface area contributed by atoms with Gasteiger partial charge in [-0.2, -0.15) is 0 Å². The van der Waals surface area contributed by atoms with Crippen molar-refractivity contribution in [3.8, 4) is 0 Å². The summed E-state index contributed by atoms with van der Waals surface area (Å²) in [6, 6.07) is 0. The van der Waals surface area contributed by atoms with E-state index in [1.807, 2.05) is 13.8 Å². The highest BCUT2D eigenvalue weighted by Crippen LogP contribution is 2.11. The maximum atomic E-state index is 12.3. The van der Waals surface area contributed by atoms with Crippen molar-refractivity contribution in [2.24, 2.45) is 5.92 Å². The zero-order valence-corrected chi connectivity index (χ0v) is 15.8. The topological polar surface area (TPSA) is 119 Å². The second-order valence-electron chi connectivity index (χ2n) is 5.87. The molecule has 0 aliphatic carbocycles. The Morgan fingerprint density at radius 2 is 1.50 bits per heavy atom. The lowest BCUT2D eigenvalue weighted by Gasteiger charge is -2.16. The zero-order chi connectivity index (χ0) is 19.8. The van der Waals surface area contributed by atoms with E-state index in [0.29, 0.717) is 32.1 Å². The largest absolute Gasteiger partial charge is 0.466 e. The van der Waals surface area contributed by atoms with Crippen molar-refractivity contribution in [3.05, 3.63) is 0 Å². The molecule has 26 heavy (non-hydrogen) atoms. The maximum absolute atomic E-state index is 12.3. The van der Waals surface area contributed by atoms with Gasteiger partial charge >= 0.3 is 11.9 Å². The summed E-state index contributed by atoms with van der Waals surface area (Å²) in [5.74, 6) is -2.43.